The summed E-state index contributed by atoms with van der Waals surface area (Å²) in [5.74, 6) is -2.11. The average Bonchev–Trinajstić information content (AvgIpc) is 2.66. The van der Waals surface area contributed by atoms with E-state index in [-0.39, 0.29) is 17.8 Å². The molecule has 9 nitrogen and oxygen atoms in total. The number of esters is 2. The first-order valence-corrected chi connectivity index (χ1v) is 10.6. The molecule has 2 saturated heterocycles. The van der Waals surface area contributed by atoms with Gasteiger partial charge in [0.15, 0.2) is 5.57 Å². The predicted molar refractivity (Wildman–Crippen MR) is 116 cm³/mol. The fourth-order valence-corrected chi connectivity index (χ4v) is 3.28. The van der Waals surface area contributed by atoms with Gasteiger partial charge in [0.05, 0.1) is 6.54 Å². The molecule has 2 fully saturated rings. The van der Waals surface area contributed by atoms with Gasteiger partial charge in [0.1, 0.15) is 17.5 Å². The predicted octanol–water partition coefficient (Wildman–Crippen LogP) is 3.60. The molecule has 0 spiro atoms. The number of benzene rings is 1. The normalized spacial score (nSPS) is 20.7. The smallest absolute Gasteiger partial charge is 0.410 e. The molecule has 1 N–H and O–H groups in total. The Labute approximate surface area is 187 Å². The number of rotatable bonds is 4. The minimum Gasteiger partial charge on any atom is -0.489 e. The third-order valence-electron chi connectivity index (χ3n) is 4.69. The van der Waals surface area contributed by atoms with Gasteiger partial charge >= 0.3 is 18.0 Å². The first-order chi connectivity index (χ1) is 14.9. The SMILES string of the molecule is CC(C)(C)OC(=O)N1CCCC(Oc2ccc(NC=C3C(=O)OC(C)(C)OC3=O)cc2)C1. The van der Waals surface area contributed by atoms with Crippen LogP contribution in [-0.4, -0.2) is 53.5 Å². The van der Waals surface area contributed by atoms with E-state index < -0.39 is 23.3 Å². The van der Waals surface area contributed by atoms with Crippen molar-refractivity contribution >= 4 is 23.7 Å². The molecule has 0 bridgehead atoms. The van der Waals surface area contributed by atoms with E-state index in [1.165, 1.54) is 20.0 Å². The van der Waals surface area contributed by atoms with Gasteiger partial charge in [0, 0.05) is 32.3 Å². The molecule has 2 aliphatic rings. The number of nitrogens with zero attached hydrogens (tertiary/aromatic N) is 1. The number of carbonyl (C=O) groups is 3. The monoisotopic (exact) mass is 446 g/mol. The van der Waals surface area contributed by atoms with E-state index in [9.17, 15) is 14.4 Å². The summed E-state index contributed by atoms with van der Waals surface area (Å²) in [6.07, 6.45) is 2.47. The van der Waals surface area contributed by atoms with Crippen molar-refractivity contribution in [3.05, 3.63) is 36.0 Å². The zero-order chi connectivity index (χ0) is 23.5. The van der Waals surface area contributed by atoms with E-state index in [1.807, 2.05) is 20.8 Å². The fraction of sp³-hybridized carbons (Fsp3) is 0.522. The topological polar surface area (TPSA) is 103 Å². The molecule has 0 aliphatic carbocycles. The lowest BCUT2D eigenvalue weighted by atomic mass is 10.1. The lowest BCUT2D eigenvalue weighted by Crippen LogP contribution is -2.46. The lowest BCUT2D eigenvalue weighted by Gasteiger charge is -2.34. The maximum Gasteiger partial charge on any atom is 0.410 e. The van der Waals surface area contributed by atoms with Crippen molar-refractivity contribution in [3.63, 3.8) is 0 Å². The first-order valence-electron chi connectivity index (χ1n) is 10.6. The summed E-state index contributed by atoms with van der Waals surface area (Å²) < 4.78 is 21.6. The molecule has 0 radical (unpaired) electrons. The molecular formula is C23H30N2O7. The van der Waals surface area contributed by atoms with Crippen LogP contribution >= 0.6 is 0 Å². The van der Waals surface area contributed by atoms with Crippen LogP contribution in [0, 0.1) is 0 Å². The van der Waals surface area contributed by atoms with Gasteiger partial charge in [-0.2, -0.15) is 0 Å². The van der Waals surface area contributed by atoms with Crippen LogP contribution in [0.25, 0.3) is 0 Å². The number of hydrogen-bond acceptors (Lipinski definition) is 8. The third kappa shape index (κ3) is 6.38. The molecule has 1 aromatic carbocycles. The molecule has 32 heavy (non-hydrogen) atoms. The summed E-state index contributed by atoms with van der Waals surface area (Å²) in [6, 6.07) is 7.05. The zero-order valence-electron chi connectivity index (χ0n) is 19.1. The van der Waals surface area contributed by atoms with Gasteiger partial charge in [-0.05, 0) is 57.9 Å². The van der Waals surface area contributed by atoms with Crippen LogP contribution in [0.15, 0.2) is 36.0 Å². The van der Waals surface area contributed by atoms with Crippen molar-refractivity contribution in [2.75, 3.05) is 18.4 Å². The highest BCUT2D eigenvalue weighted by Crippen LogP contribution is 2.24. The van der Waals surface area contributed by atoms with Crippen molar-refractivity contribution in [2.24, 2.45) is 0 Å². The number of ether oxygens (including phenoxy) is 4. The molecule has 2 heterocycles. The Bertz CT molecular complexity index is 878. The number of cyclic esters (lactones) is 2. The number of piperidine rings is 1. The Morgan fingerprint density at radius 1 is 1.16 bits per heavy atom. The van der Waals surface area contributed by atoms with Crippen molar-refractivity contribution in [1.29, 1.82) is 0 Å². The van der Waals surface area contributed by atoms with Crippen LogP contribution < -0.4 is 10.1 Å². The van der Waals surface area contributed by atoms with Gasteiger partial charge in [-0.1, -0.05) is 0 Å². The van der Waals surface area contributed by atoms with Gasteiger partial charge in [0.2, 0.25) is 0 Å². The molecule has 3 rings (SSSR count). The number of amides is 1. The molecule has 9 heteroatoms. The third-order valence-corrected chi connectivity index (χ3v) is 4.69. The largest absolute Gasteiger partial charge is 0.489 e. The lowest BCUT2D eigenvalue weighted by molar-refractivity contribution is -0.222. The second-order valence-electron chi connectivity index (χ2n) is 9.21. The summed E-state index contributed by atoms with van der Waals surface area (Å²) in [5, 5.41) is 2.89. The van der Waals surface area contributed by atoms with Crippen LogP contribution in [0.4, 0.5) is 10.5 Å². The Kier molecular flexibility index (Phi) is 6.66. The van der Waals surface area contributed by atoms with Gasteiger partial charge in [0.25, 0.3) is 5.79 Å². The summed E-state index contributed by atoms with van der Waals surface area (Å²) in [4.78, 5) is 37.9. The maximum atomic E-state index is 12.3. The van der Waals surface area contributed by atoms with Gasteiger partial charge < -0.3 is 29.2 Å². The summed E-state index contributed by atoms with van der Waals surface area (Å²) >= 11 is 0. The Morgan fingerprint density at radius 2 is 1.78 bits per heavy atom. The summed E-state index contributed by atoms with van der Waals surface area (Å²) in [5.41, 5.74) is -0.104. The summed E-state index contributed by atoms with van der Waals surface area (Å²) in [6.45, 7) is 9.62. The fourth-order valence-electron chi connectivity index (χ4n) is 3.28. The Morgan fingerprint density at radius 3 is 2.38 bits per heavy atom. The zero-order valence-corrected chi connectivity index (χ0v) is 19.1. The van der Waals surface area contributed by atoms with Gasteiger partial charge in [-0.25, -0.2) is 14.4 Å². The molecule has 1 aromatic rings. The molecule has 0 saturated carbocycles. The van der Waals surface area contributed by atoms with E-state index in [2.05, 4.69) is 5.32 Å². The average molecular weight is 447 g/mol. The second-order valence-corrected chi connectivity index (χ2v) is 9.21. The Hall–Kier alpha value is -3.23. The molecule has 1 unspecified atom stereocenters. The van der Waals surface area contributed by atoms with Crippen molar-refractivity contribution < 1.29 is 33.3 Å². The quantitative estimate of drug-likeness (QED) is 0.425. The molecule has 1 amide bonds. The van der Waals surface area contributed by atoms with E-state index in [0.29, 0.717) is 24.5 Å². The summed E-state index contributed by atoms with van der Waals surface area (Å²) in [7, 11) is 0. The first kappa shape index (κ1) is 23.4. The van der Waals surface area contributed by atoms with Crippen molar-refractivity contribution in [3.8, 4) is 5.75 Å². The molecule has 1 atom stereocenters. The standard InChI is InChI=1S/C23H30N2O7/c1-22(2,3)32-21(28)25-12-6-7-17(14-25)29-16-10-8-15(9-11-16)24-13-18-19(26)30-23(4,5)31-20(18)27/h8-11,13,17,24H,6-7,12,14H2,1-5H3. The number of nitrogens with one attached hydrogen (secondary N) is 1. The van der Waals surface area contributed by atoms with Crippen LogP contribution in [-0.2, 0) is 23.8 Å². The number of likely N-dealkylation sites (tertiary alicyclic amines) is 1. The highest BCUT2D eigenvalue weighted by Gasteiger charge is 2.39. The Balaban J connectivity index is 1.55. The van der Waals surface area contributed by atoms with Gasteiger partial charge in [-0.15, -0.1) is 0 Å². The van der Waals surface area contributed by atoms with Crippen molar-refractivity contribution in [2.45, 2.75) is 65.0 Å². The molecule has 0 aromatic heterocycles. The van der Waals surface area contributed by atoms with E-state index in [0.717, 1.165) is 12.8 Å². The molecule has 2 aliphatic heterocycles. The van der Waals surface area contributed by atoms with E-state index >= 15 is 0 Å². The van der Waals surface area contributed by atoms with E-state index in [4.69, 9.17) is 18.9 Å². The number of hydrogen-bond donors (Lipinski definition) is 1. The van der Waals surface area contributed by atoms with E-state index in [1.54, 1.807) is 29.2 Å². The molecule has 174 valence electrons. The minimum atomic E-state index is -1.28. The number of anilines is 1. The maximum absolute atomic E-state index is 12.3. The molecular weight excluding hydrogens is 416 g/mol. The second kappa shape index (κ2) is 9.10. The van der Waals surface area contributed by atoms with Crippen LogP contribution in [0.5, 0.6) is 5.75 Å². The number of carbonyl (C=O) groups excluding carboxylic acids is 3. The minimum absolute atomic E-state index is 0.132. The highest BCUT2D eigenvalue weighted by atomic mass is 16.7. The van der Waals surface area contributed by atoms with Crippen LogP contribution in [0.3, 0.4) is 0 Å². The highest BCUT2D eigenvalue weighted by molar-refractivity contribution is 6.15. The van der Waals surface area contributed by atoms with Gasteiger partial charge in [-0.3, -0.25) is 0 Å². The van der Waals surface area contributed by atoms with Crippen molar-refractivity contribution in [1.82, 2.24) is 4.90 Å². The van der Waals surface area contributed by atoms with Crippen LogP contribution in [0.2, 0.25) is 0 Å². The van der Waals surface area contributed by atoms with Crippen LogP contribution in [0.1, 0.15) is 47.5 Å².